The Morgan fingerprint density at radius 3 is 2.95 bits per heavy atom. The van der Waals surface area contributed by atoms with E-state index in [1.165, 1.54) is 11.8 Å². The van der Waals surface area contributed by atoms with Crippen LogP contribution in [-0.2, 0) is 17.1 Å². The lowest BCUT2D eigenvalue weighted by atomic mass is 10.1. The molecule has 2 aromatic carbocycles. The van der Waals surface area contributed by atoms with Gasteiger partial charge in [-0.1, -0.05) is 23.7 Å². The number of aromatic carboxylic acids is 1. The maximum Gasteiger partial charge on any atom is 0.336 e. The molecule has 0 saturated heterocycles. The Balaban J connectivity index is 1.86. The van der Waals surface area contributed by atoms with Gasteiger partial charge >= 0.3 is 5.97 Å². The molecule has 6 heteroatoms. The Labute approximate surface area is 137 Å². The van der Waals surface area contributed by atoms with Crippen LogP contribution < -0.4 is 4.74 Å². The molecule has 1 aliphatic heterocycles. The van der Waals surface area contributed by atoms with E-state index in [1.54, 1.807) is 18.2 Å². The topological polar surface area (TPSA) is 55.8 Å². The van der Waals surface area contributed by atoms with Gasteiger partial charge in [-0.3, -0.25) is 0 Å². The van der Waals surface area contributed by atoms with Crippen molar-refractivity contribution < 1.29 is 19.4 Å². The first-order valence-electron chi connectivity index (χ1n) is 6.62. The van der Waals surface area contributed by atoms with Crippen molar-refractivity contribution in [3.63, 3.8) is 0 Å². The smallest absolute Gasteiger partial charge is 0.336 e. The van der Waals surface area contributed by atoms with Crippen LogP contribution in [-0.4, -0.2) is 17.9 Å². The fourth-order valence-electron chi connectivity index (χ4n) is 2.29. The van der Waals surface area contributed by atoms with Gasteiger partial charge in [-0.05, 0) is 24.3 Å². The molecule has 0 fully saturated rings. The second kappa shape index (κ2) is 6.60. The Morgan fingerprint density at radius 2 is 2.14 bits per heavy atom. The van der Waals surface area contributed by atoms with Gasteiger partial charge in [0.05, 0.1) is 12.2 Å². The Morgan fingerprint density at radius 1 is 1.32 bits per heavy atom. The molecule has 0 aromatic heterocycles. The summed E-state index contributed by atoms with van der Waals surface area (Å²) < 4.78 is 10.8. The lowest BCUT2D eigenvalue weighted by molar-refractivity contribution is -0.0168. The molecule has 3 rings (SSSR count). The molecule has 0 unspecified atom stereocenters. The number of halogens is 1. The third-order valence-electron chi connectivity index (χ3n) is 3.25. The molecule has 22 heavy (non-hydrogen) atoms. The van der Waals surface area contributed by atoms with E-state index in [2.05, 4.69) is 0 Å². The molecule has 1 N–H and O–H groups in total. The monoisotopic (exact) mass is 336 g/mol. The summed E-state index contributed by atoms with van der Waals surface area (Å²) >= 11 is 7.58. The minimum absolute atomic E-state index is 0.220. The number of carboxylic acid groups (broad SMARTS) is 1. The van der Waals surface area contributed by atoms with Gasteiger partial charge in [-0.25, -0.2) is 4.79 Å². The van der Waals surface area contributed by atoms with Crippen LogP contribution in [0, 0.1) is 0 Å². The summed E-state index contributed by atoms with van der Waals surface area (Å²) in [5.41, 5.74) is 2.16. The molecule has 0 amide bonds. The van der Waals surface area contributed by atoms with Crippen molar-refractivity contribution in [2.75, 3.05) is 6.79 Å². The van der Waals surface area contributed by atoms with Gasteiger partial charge in [0.2, 0.25) is 0 Å². The minimum atomic E-state index is -0.930. The third kappa shape index (κ3) is 3.21. The summed E-state index contributed by atoms with van der Waals surface area (Å²) in [5.74, 6) is 0.435. The molecule has 4 nitrogen and oxygen atoms in total. The van der Waals surface area contributed by atoms with Crippen molar-refractivity contribution in [3.8, 4) is 5.75 Å². The highest BCUT2D eigenvalue weighted by Crippen LogP contribution is 2.36. The van der Waals surface area contributed by atoms with E-state index in [1.807, 2.05) is 18.2 Å². The molecule has 1 aliphatic rings. The molecular formula is C16H13ClO4S. The first-order valence-corrected chi connectivity index (χ1v) is 7.98. The molecule has 0 bridgehead atoms. The first kappa shape index (κ1) is 15.2. The van der Waals surface area contributed by atoms with Gasteiger partial charge in [0.25, 0.3) is 0 Å². The molecule has 0 saturated carbocycles. The maximum absolute atomic E-state index is 11.2. The Hall–Kier alpha value is -1.69. The average Bonchev–Trinajstić information content (AvgIpc) is 2.52. The van der Waals surface area contributed by atoms with Crippen molar-refractivity contribution in [3.05, 3.63) is 58.1 Å². The summed E-state index contributed by atoms with van der Waals surface area (Å²) in [7, 11) is 0. The number of rotatable bonds is 4. The Kier molecular flexibility index (Phi) is 4.57. The number of thioether (sulfide) groups is 1. The number of hydrogen-bond acceptors (Lipinski definition) is 4. The van der Waals surface area contributed by atoms with Gasteiger partial charge in [0, 0.05) is 26.8 Å². The fourth-order valence-corrected chi connectivity index (χ4v) is 3.56. The number of fused-ring (bicyclic) bond motifs is 1. The highest BCUT2D eigenvalue weighted by Gasteiger charge is 2.17. The summed E-state index contributed by atoms with van der Waals surface area (Å²) in [6.45, 7) is 0.692. The van der Waals surface area contributed by atoms with Gasteiger partial charge in [-0.15, -0.1) is 11.8 Å². The van der Waals surface area contributed by atoms with Crippen molar-refractivity contribution >= 4 is 29.3 Å². The number of benzene rings is 2. The second-order valence-corrected chi connectivity index (χ2v) is 6.21. The molecule has 0 aliphatic carbocycles. The van der Waals surface area contributed by atoms with Crippen LogP contribution in [0.4, 0.5) is 0 Å². The lowest BCUT2D eigenvalue weighted by Gasteiger charge is -2.21. The van der Waals surface area contributed by atoms with Gasteiger partial charge in [-0.2, -0.15) is 0 Å². The predicted octanol–water partition coefficient (Wildman–Crippen LogP) is 4.20. The van der Waals surface area contributed by atoms with Crippen LogP contribution in [0.2, 0.25) is 5.02 Å². The quantitative estimate of drug-likeness (QED) is 0.848. The highest BCUT2D eigenvalue weighted by atomic mass is 35.5. The molecule has 0 spiro atoms. The minimum Gasteiger partial charge on any atom is -0.478 e. The van der Waals surface area contributed by atoms with Gasteiger partial charge in [0.1, 0.15) is 5.75 Å². The molecule has 114 valence electrons. The predicted molar refractivity (Wildman–Crippen MR) is 84.7 cm³/mol. The first-order chi connectivity index (χ1) is 10.6. The summed E-state index contributed by atoms with van der Waals surface area (Å²) in [6.07, 6.45) is 0. The van der Waals surface area contributed by atoms with E-state index in [9.17, 15) is 9.90 Å². The molecule has 0 radical (unpaired) electrons. The number of carbonyl (C=O) groups is 1. The van der Waals surface area contributed by atoms with E-state index in [4.69, 9.17) is 21.1 Å². The maximum atomic E-state index is 11.2. The molecule has 1 heterocycles. The largest absolute Gasteiger partial charge is 0.478 e. The van der Waals surface area contributed by atoms with Crippen LogP contribution in [0.1, 0.15) is 21.5 Å². The summed E-state index contributed by atoms with van der Waals surface area (Å²) in [5, 5.41) is 9.84. The van der Waals surface area contributed by atoms with Crippen molar-refractivity contribution in [1.82, 2.24) is 0 Å². The summed E-state index contributed by atoms with van der Waals surface area (Å²) in [4.78, 5) is 12.0. The van der Waals surface area contributed by atoms with Crippen LogP contribution in [0.25, 0.3) is 0 Å². The van der Waals surface area contributed by atoms with E-state index in [0.717, 1.165) is 21.8 Å². The Bertz CT molecular complexity index is 717. The van der Waals surface area contributed by atoms with Gasteiger partial charge < -0.3 is 14.6 Å². The van der Waals surface area contributed by atoms with E-state index >= 15 is 0 Å². The van der Waals surface area contributed by atoms with Crippen molar-refractivity contribution in [2.45, 2.75) is 17.3 Å². The second-order valence-electron chi connectivity index (χ2n) is 4.75. The zero-order chi connectivity index (χ0) is 15.5. The van der Waals surface area contributed by atoms with Crippen molar-refractivity contribution in [1.29, 1.82) is 0 Å². The van der Waals surface area contributed by atoms with Crippen LogP contribution in [0.3, 0.4) is 0 Å². The SMILES string of the molecule is O=C(O)c1ccccc1SCc1cc(Cl)cc2c1OCOC2. The number of carboxylic acids is 1. The highest BCUT2D eigenvalue weighted by molar-refractivity contribution is 7.98. The average molecular weight is 337 g/mol. The normalized spacial score (nSPS) is 13.3. The standard InChI is InChI=1S/C16H13ClO4S/c17-12-5-10-7-20-9-21-15(10)11(6-12)8-22-14-4-2-1-3-13(14)16(18)19/h1-6H,7-9H2,(H,18,19). The number of hydrogen-bond donors (Lipinski definition) is 1. The lowest BCUT2D eigenvalue weighted by Crippen LogP contribution is -2.13. The van der Waals surface area contributed by atoms with Crippen molar-refractivity contribution in [2.24, 2.45) is 0 Å². The van der Waals surface area contributed by atoms with Gasteiger partial charge in [0.15, 0.2) is 6.79 Å². The fraction of sp³-hybridized carbons (Fsp3) is 0.188. The van der Waals surface area contributed by atoms with E-state index in [0.29, 0.717) is 22.9 Å². The zero-order valence-electron chi connectivity index (χ0n) is 11.5. The number of ether oxygens (including phenoxy) is 2. The van der Waals surface area contributed by atoms with Crippen LogP contribution >= 0.6 is 23.4 Å². The van der Waals surface area contributed by atoms with Crippen LogP contribution in [0.15, 0.2) is 41.3 Å². The molecular weight excluding hydrogens is 324 g/mol. The molecule has 2 aromatic rings. The van der Waals surface area contributed by atoms with Crippen LogP contribution in [0.5, 0.6) is 5.75 Å². The zero-order valence-corrected chi connectivity index (χ0v) is 13.1. The van der Waals surface area contributed by atoms with E-state index in [-0.39, 0.29) is 6.79 Å². The van der Waals surface area contributed by atoms with E-state index < -0.39 is 5.97 Å². The summed E-state index contributed by atoms with van der Waals surface area (Å²) in [6, 6.07) is 10.6. The third-order valence-corrected chi connectivity index (χ3v) is 4.59. The molecule has 0 atom stereocenters.